The van der Waals surface area contributed by atoms with Crippen LogP contribution in [0.5, 0.6) is 0 Å². The Kier molecular flexibility index (Phi) is 6.48. The fraction of sp³-hybridized carbons (Fsp3) is 1.00. The van der Waals surface area contributed by atoms with Crippen molar-refractivity contribution in [2.24, 2.45) is 5.92 Å². The first-order valence-corrected chi connectivity index (χ1v) is 8.73. The number of methoxy groups -OCH3 is 1. The zero-order valence-electron chi connectivity index (χ0n) is 14.1. The van der Waals surface area contributed by atoms with Gasteiger partial charge in [0.25, 0.3) is 0 Å². The molecule has 4 nitrogen and oxygen atoms in total. The van der Waals surface area contributed by atoms with Crippen LogP contribution < -0.4 is 5.32 Å². The van der Waals surface area contributed by atoms with Gasteiger partial charge in [-0.1, -0.05) is 20.3 Å². The number of nitrogens with one attached hydrogen (secondary N) is 1. The van der Waals surface area contributed by atoms with Gasteiger partial charge in [0.1, 0.15) is 0 Å². The Morgan fingerprint density at radius 3 is 2.57 bits per heavy atom. The van der Waals surface area contributed by atoms with E-state index in [1.807, 2.05) is 7.11 Å². The molecule has 0 aromatic carbocycles. The SMILES string of the molecule is COC1CCN(CCC2CCCC2(CO)NC(C)C)CC1. The molecule has 1 saturated carbocycles. The lowest BCUT2D eigenvalue weighted by atomic mass is 9.84. The Balaban J connectivity index is 1.81. The number of ether oxygens (including phenoxy) is 1. The minimum Gasteiger partial charge on any atom is -0.394 e. The predicted molar refractivity (Wildman–Crippen MR) is 86.5 cm³/mol. The van der Waals surface area contributed by atoms with Crippen molar-refractivity contribution in [1.29, 1.82) is 0 Å². The first-order valence-electron chi connectivity index (χ1n) is 8.73. The number of aliphatic hydroxyl groups excluding tert-OH is 1. The van der Waals surface area contributed by atoms with Crippen LogP contribution in [0, 0.1) is 5.92 Å². The minimum atomic E-state index is -0.0288. The topological polar surface area (TPSA) is 44.7 Å². The van der Waals surface area contributed by atoms with Crippen LogP contribution in [0.4, 0.5) is 0 Å². The fourth-order valence-corrected chi connectivity index (χ4v) is 4.29. The number of hydrogen-bond donors (Lipinski definition) is 2. The highest BCUT2D eigenvalue weighted by Crippen LogP contribution is 2.38. The van der Waals surface area contributed by atoms with Gasteiger partial charge in [0.05, 0.1) is 12.7 Å². The van der Waals surface area contributed by atoms with Crippen molar-refractivity contribution in [1.82, 2.24) is 10.2 Å². The van der Waals surface area contributed by atoms with Crippen LogP contribution in [0.25, 0.3) is 0 Å². The Bertz CT molecular complexity index is 303. The van der Waals surface area contributed by atoms with Crippen molar-refractivity contribution in [3.63, 3.8) is 0 Å². The third kappa shape index (κ3) is 4.41. The van der Waals surface area contributed by atoms with Crippen LogP contribution in [0.1, 0.15) is 52.4 Å². The highest BCUT2D eigenvalue weighted by atomic mass is 16.5. The fourth-order valence-electron chi connectivity index (χ4n) is 4.29. The van der Waals surface area contributed by atoms with E-state index in [0.717, 1.165) is 32.4 Å². The van der Waals surface area contributed by atoms with Gasteiger partial charge in [0.15, 0.2) is 0 Å². The first-order chi connectivity index (χ1) is 10.1. The summed E-state index contributed by atoms with van der Waals surface area (Å²) in [6.07, 6.45) is 7.63. The van der Waals surface area contributed by atoms with E-state index >= 15 is 0 Å². The van der Waals surface area contributed by atoms with Gasteiger partial charge in [-0.05, 0) is 44.6 Å². The number of hydrogen-bond acceptors (Lipinski definition) is 4. The molecule has 0 aromatic rings. The number of rotatable bonds is 7. The molecule has 1 heterocycles. The lowest BCUT2D eigenvalue weighted by molar-refractivity contribution is 0.0363. The summed E-state index contributed by atoms with van der Waals surface area (Å²) in [4.78, 5) is 2.57. The average molecular weight is 298 g/mol. The molecule has 2 unspecified atom stereocenters. The molecule has 0 aromatic heterocycles. The van der Waals surface area contributed by atoms with Gasteiger partial charge in [0, 0.05) is 31.8 Å². The summed E-state index contributed by atoms with van der Waals surface area (Å²) in [6.45, 7) is 8.14. The molecule has 2 rings (SSSR count). The summed E-state index contributed by atoms with van der Waals surface area (Å²) in [5, 5.41) is 13.6. The smallest absolute Gasteiger partial charge is 0.0616 e. The summed E-state index contributed by atoms with van der Waals surface area (Å²) in [5.41, 5.74) is -0.0288. The molecule has 0 spiro atoms. The molecular weight excluding hydrogens is 264 g/mol. The summed E-state index contributed by atoms with van der Waals surface area (Å²) < 4.78 is 5.44. The van der Waals surface area contributed by atoms with Gasteiger partial charge in [-0.2, -0.15) is 0 Å². The number of aliphatic hydroxyl groups is 1. The molecule has 1 aliphatic carbocycles. The van der Waals surface area contributed by atoms with Crippen LogP contribution in [0.3, 0.4) is 0 Å². The third-order valence-electron chi connectivity index (χ3n) is 5.48. The molecule has 1 aliphatic heterocycles. The maximum atomic E-state index is 9.95. The highest BCUT2D eigenvalue weighted by Gasteiger charge is 2.42. The first kappa shape index (κ1) is 17.2. The molecule has 2 fully saturated rings. The average Bonchev–Trinajstić information content (AvgIpc) is 2.88. The van der Waals surface area contributed by atoms with Crippen molar-refractivity contribution < 1.29 is 9.84 Å². The molecule has 0 amide bonds. The normalized spacial score (nSPS) is 32.1. The Morgan fingerprint density at radius 1 is 1.29 bits per heavy atom. The lowest BCUT2D eigenvalue weighted by Crippen LogP contribution is -2.54. The maximum absolute atomic E-state index is 9.95. The van der Waals surface area contributed by atoms with E-state index in [0.29, 0.717) is 18.1 Å². The van der Waals surface area contributed by atoms with E-state index in [4.69, 9.17) is 4.74 Å². The van der Waals surface area contributed by atoms with Crippen molar-refractivity contribution in [3.8, 4) is 0 Å². The standard InChI is InChI=1S/C17H34N2O2/c1-14(2)18-17(13-20)9-4-5-15(17)6-10-19-11-7-16(21-3)8-12-19/h14-16,18,20H,4-13H2,1-3H3. The molecule has 0 radical (unpaired) electrons. The van der Waals surface area contributed by atoms with Gasteiger partial charge < -0.3 is 20.1 Å². The summed E-state index contributed by atoms with van der Waals surface area (Å²) in [6, 6.07) is 0.440. The highest BCUT2D eigenvalue weighted by molar-refractivity contribution is 5.00. The van der Waals surface area contributed by atoms with E-state index in [1.54, 1.807) is 0 Å². The number of nitrogens with zero attached hydrogens (tertiary/aromatic N) is 1. The van der Waals surface area contributed by atoms with Crippen LogP contribution in [0.2, 0.25) is 0 Å². The van der Waals surface area contributed by atoms with E-state index < -0.39 is 0 Å². The van der Waals surface area contributed by atoms with E-state index in [2.05, 4.69) is 24.1 Å². The molecule has 2 atom stereocenters. The third-order valence-corrected chi connectivity index (χ3v) is 5.48. The molecule has 2 N–H and O–H groups in total. The maximum Gasteiger partial charge on any atom is 0.0616 e. The van der Waals surface area contributed by atoms with E-state index in [-0.39, 0.29) is 12.1 Å². The van der Waals surface area contributed by atoms with Crippen molar-refractivity contribution >= 4 is 0 Å². The van der Waals surface area contributed by atoms with Crippen molar-refractivity contribution in [2.45, 2.75) is 70.1 Å². The molecular formula is C17H34N2O2. The second-order valence-corrected chi connectivity index (χ2v) is 7.27. The lowest BCUT2D eigenvalue weighted by Gasteiger charge is -2.38. The molecule has 1 saturated heterocycles. The zero-order valence-corrected chi connectivity index (χ0v) is 14.1. The van der Waals surface area contributed by atoms with Crippen LogP contribution in [-0.4, -0.2) is 61.0 Å². The van der Waals surface area contributed by atoms with Gasteiger partial charge in [-0.25, -0.2) is 0 Å². The van der Waals surface area contributed by atoms with E-state index in [1.165, 1.54) is 25.8 Å². The molecule has 124 valence electrons. The predicted octanol–water partition coefficient (Wildman–Crippen LogP) is 2.02. The van der Waals surface area contributed by atoms with Crippen LogP contribution >= 0.6 is 0 Å². The summed E-state index contributed by atoms with van der Waals surface area (Å²) in [5.74, 6) is 0.616. The Hall–Kier alpha value is -0.160. The molecule has 21 heavy (non-hydrogen) atoms. The Labute approximate surface area is 130 Å². The Morgan fingerprint density at radius 2 is 2.00 bits per heavy atom. The molecule has 0 bridgehead atoms. The van der Waals surface area contributed by atoms with Crippen molar-refractivity contribution in [3.05, 3.63) is 0 Å². The molecule has 2 aliphatic rings. The molecule has 4 heteroatoms. The largest absolute Gasteiger partial charge is 0.394 e. The van der Waals surface area contributed by atoms with Crippen LogP contribution in [0.15, 0.2) is 0 Å². The monoisotopic (exact) mass is 298 g/mol. The summed E-state index contributed by atoms with van der Waals surface area (Å²) >= 11 is 0. The van der Waals surface area contributed by atoms with Gasteiger partial charge in [0.2, 0.25) is 0 Å². The number of piperidine rings is 1. The second kappa shape index (κ2) is 7.91. The van der Waals surface area contributed by atoms with Gasteiger partial charge in [-0.15, -0.1) is 0 Å². The van der Waals surface area contributed by atoms with Gasteiger partial charge in [-0.3, -0.25) is 0 Å². The second-order valence-electron chi connectivity index (χ2n) is 7.27. The quantitative estimate of drug-likeness (QED) is 0.755. The minimum absolute atomic E-state index is 0.0288. The van der Waals surface area contributed by atoms with Crippen molar-refractivity contribution in [2.75, 3.05) is 33.4 Å². The van der Waals surface area contributed by atoms with Gasteiger partial charge >= 0.3 is 0 Å². The number of likely N-dealkylation sites (tertiary alicyclic amines) is 1. The summed E-state index contributed by atoms with van der Waals surface area (Å²) in [7, 11) is 1.83. The van der Waals surface area contributed by atoms with Crippen LogP contribution in [-0.2, 0) is 4.74 Å². The van der Waals surface area contributed by atoms with E-state index in [9.17, 15) is 5.11 Å². The zero-order chi connectivity index (χ0) is 15.3.